The first-order valence-electron chi connectivity index (χ1n) is 7.80. The smallest absolute Gasteiger partial charge is 0.268 e. The molecule has 0 N–H and O–H groups in total. The van der Waals surface area contributed by atoms with Crippen molar-refractivity contribution in [1.82, 2.24) is 0 Å². The Kier molecular flexibility index (Phi) is 5.42. The van der Waals surface area contributed by atoms with E-state index in [2.05, 4.69) is 0 Å². The van der Waals surface area contributed by atoms with E-state index in [0.29, 0.717) is 21.1 Å². The highest BCUT2D eigenvalue weighted by atomic mass is 35.5. The number of hydrogen-bond acceptors (Lipinski definition) is 3. The van der Waals surface area contributed by atoms with E-state index in [9.17, 15) is 14.0 Å². The summed E-state index contributed by atoms with van der Waals surface area (Å²) < 4.78 is 13.5. The molecule has 2 amide bonds. The summed E-state index contributed by atoms with van der Waals surface area (Å²) in [6.45, 7) is 3.87. The van der Waals surface area contributed by atoms with Crippen LogP contribution in [-0.4, -0.2) is 17.1 Å². The molecule has 0 aliphatic carbocycles. The number of rotatable bonds is 4. The molecule has 26 heavy (non-hydrogen) atoms. The number of anilines is 1. The molecule has 0 bridgehead atoms. The van der Waals surface area contributed by atoms with Crippen LogP contribution < -0.4 is 4.90 Å². The van der Waals surface area contributed by atoms with Crippen molar-refractivity contribution < 1.29 is 14.0 Å². The van der Waals surface area contributed by atoms with Crippen LogP contribution >= 0.6 is 35.0 Å². The lowest BCUT2D eigenvalue weighted by molar-refractivity contribution is -0.119. The van der Waals surface area contributed by atoms with Gasteiger partial charge in [-0.2, -0.15) is 0 Å². The van der Waals surface area contributed by atoms with E-state index in [1.54, 1.807) is 24.3 Å². The molecule has 0 saturated heterocycles. The van der Waals surface area contributed by atoms with Crippen LogP contribution in [0.4, 0.5) is 10.1 Å². The Balaban J connectivity index is 2.10. The molecule has 7 heteroatoms. The first-order valence-corrected chi connectivity index (χ1v) is 9.44. The molecule has 0 radical (unpaired) electrons. The monoisotopic (exact) mass is 409 g/mol. The number of thioether (sulfide) groups is 1. The van der Waals surface area contributed by atoms with Crippen molar-refractivity contribution in [3.8, 4) is 0 Å². The van der Waals surface area contributed by atoms with Crippen molar-refractivity contribution in [3.05, 3.63) is 68.8 Å². The molecule has 0 atom stereocenters. The van der Waals surface area contributed by atoms with E-state index >= 15 is 0 Å². The van der Waals surface area contributed by atoms with Crippen molar-refractivity contribution in [2.45, 2.75) is 19.1 Å². The van der Waals surface area contributed by atoms with Crippen LogP contribution in [0.1, 0.15) is 19.4 Å². The summed E-state index contributed by atoms with van der Waals surface area (Å²) in [5, 5.41) is 0.480. The molecular weight excluding hydrogens is 396 g/mol. The van der Waals surface area contributed by atoms with Gasteiger partial charge in [0.15, 0.2) is 0 Å². The Morgan fingerprint density at radius 3 is 2.23 bits per heavy atom. The van der Waals surface area contributed by atoms with Gasteiger partial charge in [0.25, 0.3) is 11.8 Å². The molecular formula is C19H14Cl2FNO2S. The van der Waals surface area contributed by atoms with Crippen molar-refractivity contribution in [1.29, 1.82) is 0 Å². The number of hydrogen-bond donors (Lipinski definition) is 0. The largest absolute Gasteiger partial charge is 0.272 e. The van der Waals surface area contributed by atoms with Crippen molar-refractivity contribution in [2.24, 2.45) is 0 Å². The van der Waals surface area contributed by atoms with Crippen LogP contribution in [0.15, 0.2) is 47.4 Å². The minimum absolute atomic E-state index is 0.0980. The number of carbonyl (C=O) groups is 2. The van der Waals surface area contributed by atoms with Gasteiger partial charge in [-0.3, -0.25) is 9.59 Å². The van der Waals surface area contributed by atoms with Gasteiger partial charge in [0.1, 0.15) is 5.82 Å². The van der Waals surface area contributed by atoms with E-state index in [4.69, 9.17) is 23.2 Å². The van der Waals surface area contributed by atoms with Gasteiger partial charge in [-0.15, -0.1) is 11.8 Å². The third kappa shape index (κ3) is 3.52. The van der Waals surface area contributed by atoms with Crippen molar-refractivity contribution in [2.75, 3.05) is 4.90 Å². The second kappa shape index (κ2) is 7.43. The second-order valence-corrected chi connectivity index (χ2v) is 8.35. The maximum absolute atomic E-state index is 13.5. The lowest BCUT2D eigenvalue weighted by atomic mass is 10.1. The average Bonchev–Trinajstić information content (AvgIpc) is 2.81. The van der Waals surface area contributed by atoms with Gasteiger partial charge in [0.05, 0.1) is 21.2 Å². The summed E-state index contributed by atoms with van der Waals surface area (Å²) in [4.78, 5) is 27.4. The minimum atomic E-state index is -0.614. The Labute approximate surface area is 164 Å². The topological polar surface area (TPSA) is 37.4 Å². The Hall–Kier alpha value is -1.82. The summed E-state index contributed by atoms with van der Waals surface area (Å²) in [6, 6.07) is 10.5. The molecule has 2 aromatic carbocycles. The zero-order valence-electron chi connectivity index (χ0n) is 13.9. The van der Waals surface area contributed by atoms with E-state index in [1.807, 2.05) is 13.8 Å². The van der Waals surface area contributed by atoms with Gasteiger partial charge in [0.2, 0.25) is 0 Å². The highest BCUT2D eigenvalue weighted by molar-refractivity contribution is 8.04. The second-order valence-electron chi connectivity index (χ2n) is 5.92. The lowest BCUT2D eigenvalue weighted by Crippen LogP contribution is -2.31. The molecule has 0 saturated carbocycles. The minimum Gasteiger partial charge on any atom is -0.268 e. The highest BCUT2D eigenvalue weighted by Crippen LogP contribution is 2.40. The van der Waals surface area contributed by atoms with E-state index in [1.165, 1.54) is 23.9 Å². The van der Waals surface area contributed by atoms with E-state index in [-0.39, 0.29) is 16.0 Å². The molecule has 2 aromatic rings. The normalized spacial score (nSPS) is 14.8. The molecule has 0 unspecified atom stereocenters. The molecule has 0 aromatic heterocycles. The maximum atomic E-state index is 13.5. The van der Waals surface area contributed by atoms with Gasteiger partial charge < -0.3 is 0 Å². The predicted molar refractivity (Wildman–Crippen MR) is 105 cm³/mol. The number of halogens is 3. The van der Waals surface area contributed by atoms with Gasteiger partial charge >= 0.3 is 0 Å². The standard InChI is InChI=1S/C19H14Cl2FNO2S/c1-10(2)26-17-16(11-3-5-12(20)6-4-11)18(24)23(19(17)25)13-7-8-15(22)14(21)9-13/h3-10H,1-2H3. The Bertz CT molecular complexity index is 926. The first kappa shape index (κ1) is 19.0. The number of nitrogens with zero attached hydrogens (tertiary/aromatic N) is 1. The van der Waals surface area contributed by atoms with Crippen molar-refractivity contribution >= 4 is 58.0 Å². The van der Waals surface area contributed by atoms with E-state index < -0.39 is 17.6 Å². The number of benzene rings is 2. The Morgan fingerprint density at radius 1 is 1.00 bits per heavy atom. The van der Waals surface area contributed by atoms with Gasteiger partial charge in [-0.05, 0) is 35.9 Å². The summed E-state index contributed by atoms with van der Waals surface area (Å²) in [7, 11) is 0. The van der Waals surface area contributed by atoms with E-state index in [0.717, 1.165) is 11.0 Å². The van der Waals surface area contributed by atoms with Crippen molar-refractivity contribution in [3.63, 3.8) is 0 Å². The SMILES string of the molecule is CC(C)SC1=C(c2ccc(Cl)cc2)C(=O)N(c2ccc(F)c(Cl)c2)C1=O. The van der Waals surface area contributed by atoms with Crippen LogP contribution in [0.5, 0.6) is 0 Å². The summed E-state index contributed by atoms with van der Waals surface area (Å²) in [5.74, 6) is -1.53. The molecule has 1 aliphatic heterocycles. The molecule has 1 heterocycles. The van der Waals surface area contributed by atoms with Gasteiger partial charge in [-0.25, -0.2) is 9.29 Å². The van der Waals surface area contributed by atoms with Gasteiger partial charge in [0, 0.05) is 10.3 Å². The fourth-order valence-electron chi connectivity index (χ4n) is 2.58. The first-order chi connectivity index (χ1) is 12.3. The van der Waals surface area contributed by atoms with Crippen LogP contribution in [0.25, 0.3) is 5.57 Å². The van der Waals surface area contributed by atoms with Crippen LogP contribution in [0, 0.1) is 5.82 Å². The van der Waals surface area contributed by atoms with Gasteiger partial charge in [-0.1, -0.05) is 49.2 Å². The molecule has 0 spiro atoms. The lowest BCUT2D eigenvalue weighted by Gasteiger charge is -2.16. The van der Waals surface area contributed by atoms with Crippen LogP contribution in [-0.2, 0) is 9.59 Å². The predicted octanol–water partition coefficient (Wildman–Crippen LogP) is 5.56. The quantitative estimate of drug-likeness (QED) is 0.620. The maximum Gasteiger partial charge on any atom is 0.272 e. The third-order valence-corrected chi connectivity index (χ3v) is 5.32. The molecule has 1 aliphatic rings. The number of carbonyl (C=O) groups excluding carboxylic acids is 2. The zero-order valence-corrected chi connectivity index (χ0v) is 16.3. The molecule has 3 rings (SSSR count). The molecule has 3 nitrogen and oxygen atoms in total. The third-order valence-electron chi connectivity index (χ3n) is 3.69. The van der Waals surface area contributed by atoms with Crippen LogP contribution in [0.2, 0.25) is 10.0 Å². The Morgan fingerprint density at radius 2 is 1.65 bits per heavy atom. The summed E-state index contributed by atoms with van der Waals surface area (Å²) in [5.41, 5.74) is 1.15. The average molecular weight is 410 g/mol. The summed E-state index contributed by atoms with van der Waals surface area (Å²) in [6.07, 6.45) is 0. The molecule has 0 fully saturated rings. The zero-order chi connectivity index (χ0) is 19.0. The number of imide groups is 1. The van der Waals surface area contributed by atoms with Crippen LogP contribution in [0.3, 0.4) is 0 Å². The fraction of sp³-hybridized carbons (Fsp3) is 0.158. The molecule has 134 valence electrons. The fourth-order valence-corrected chi connectivity index (χ4v) is 3.87. The summed E-state index contributed by atoms with van der Waals surface area (Å²) >= 11 is 13.1. The number of amides is 2. The highest BCUT2D eigenvalue weighted by Gasteiger charge is 2.40.